The average Bonchev–Trinajstić information content (AvgIpc) is 2.49. The van der Waals surface area contributed by atoms with Gasteiger partial charge in [-0.3, -0.25) is 4.68 Å². The molecule has 3 nitrogen and oxygen atoms in total. The van der Waals surface area contributed by atoms with Crippen LogP contribution in [0.5, 0.6) is 0 Å². The molecule has 0 aliphatic carbocycles. The van der Waals surface area contributed by atoms with E-state index in [0.29, 0.717) is 0 Å². The van der Waals surface area contributed by atoms with Gasteiger partial charge < -0.3 is 5.73 Å². The van der Waals surface area contributed by atoms with Gasteiger partial charge in [-0.2, -0.15) is 5.10 Å². The standard InChI is InChI=1S/C10H18ClN3/c1-9-10(11)8-13-14(9)7-5-3-2-4-6-12/h8H,2-7,12H2,1H3. The monoisotopic (exact) mass is 215 g/mol. The van der Waals surface area contributed by atoms with Gasteiger partial charge in [-0.15, -0.1) is 0 Å². The summed E-state index contributed by atoms with van der Waals surface area (Å²) >= 11 is 5.89. The van der Waals surface area contributed by atoms with Crippen LogP contribution in [0.3, 0.4) is 0 Å². The van der Waals surface area contributed by atoms with Crippen LogP contribution in [0.4, 0.5) is 0 Å². The molecule has 0 aliphatic rings. The second-order valence-corrected chi connectivity index (χ2v) is 3.91. The van der Waals surface area contributed by atoms with Gasteiger partial charge in [0.1, 0.15) is 0 Å². The smallest absolute Gasteiger partial charge is 0.0814 e. The summed E-state index contributed by atoms with van der Waals surface area (Å²) in [7, 11) is 0. The first kappa shape index (κ1) is 11.5. The molecule has 0 saturated heterocycles. The lowest BCUT2D eigenvalue weighted by Crippen LogP contribution is -2.03. The molecule has 2 N–H and O–H groups in total. The Kier molecular flexibility index (Phi) is 4.98. The first-order valence-corrected chi connectivity index (χ1v) is 5.51. The normalized spacial score (nSPS) is 10.8. The number of halogens is 1. The maximum Gasteiger partial charge on any atom is 0.0814 e. The van der Waals surface area contributed by atoms with Crippen molar-refractivity contribution in [2.45, 2.75) is 39.2 Å². The predicted octanol–water partition coefficient (Wildman–Crippen LogP) is 2.36. The second kappa shape index (κ2) is 6.04. The van der Waals surface area contributed by atoms with Crippen LogP contribution in [0.15, 0.2) is 6.20 Å². The van der Waals surface area contributed by atoms with E-state index in [9.17, 15) is 0 Å². The molecule has 0 spiro atoms. The van der Waals surface area contributed by atoms with Gasteiger partial charge in [0.15, 0.2) is 0 Å². The number of aryl methyl sites for hydroxylation is 1. The molecule has 1 aromatic heterocycles. The van der Waals surface area contributed by atoms with E-state index in [1.165, 1.54) is 12.8 Å². The van der Waals surface area contributed by atoms with Crippen LogP contribution in [0.1, 0.15) is 31.4 Å². The molecule has 0 saturated carbocycles. The van der Waals surface area contributed by atoms with E-state index in [2.05, 4.69) is 5.10 Å². The van der Waals surface area contributed by atoms with E-state index in [1.54, 1.807) is 6.20 Å². The third kappa shape index (κ3) is 3.31. The lowest BCUT2D eigenvalue weighted by molar-refractivity contribution is 0.528. The van der Waals surface area contributed by atoms with Gasteiger partial charge in [0.2, 0.25) is 0 Å². The summed E-state index contributed by atoms with van der Waals surface area (Å²) in [6.07, 6.45) is 6.41. The third-order valence-electron chi connectivity index (χ3n) is 2.37. The van der Waals surface area contributed by atoms with Crippen LogP contribution in [0.25, 0.3) is 0 Å². The molecule has 0 bridgehead atoms. The van der Waals surface area contributed by atoms with Gasteiger partial charge in [-0.25, -0.2) is 0 Å². The van der Waals surface area contributed by atoms with Gasteiger partial charge in [0.05, 0.1) is 16.9 Å². The lowest BCUT2D eigenvalue weighted by Gasteiger charge is -2.03. The molecule has 1 rings (SSSR count). The summed E-state index contributed by atoms with van der Waals surface area (Å²) in [6, 6.07) is 0. The summed E-state index contributed by atoms with van der Waals surface area (Å²) < 4.78 is 1.96. The van der Waals surface area contributed by atoms with Gasteiger partial charge >= 0.3 is 0 Å². The Balaban J connectivity index is 2.21. The first-order valence-electron chi connectivity index (χ1n) is 5.13. The fourth-order valence-corrected chi connectivity index (χ4v) is 1.55. The summed E-state index contributed by atoms with van der Waals surface area (Å²) in [4.78, 5) is 0. The zero-order valence-electron chi connectivity index (χ0n) is 8.67. The Morgan fingerprint density at radius 3 is 2.64 bits per heavy atom. The average molecular weight is 216 g/mol. The van der Waals surface area contributed by atoms with Crippen LogP contribution in [-0.2, 0) is 6.54 Å². The van der Waals surface area contributed by atoms with E-state index in [4.69, 9.17) is 17.3 Å². The topological polar surface area (TPSA) is 43.8 Å². The zero-order chi connectivity index (χ0) is 10.4. The Bertz CT molecular complexity index is 270. The maximum atomic E-state index is 5.89. The summed E-state index contributed by atoms with van der Waals surface area (Å²) in [5, 5.41) is 4.95. The highest BCUT2D eigenvalue weighted by molar-refractivity contribution is 6.31. The number of unbranched alkanes of at least 4 members (excludes halogenated alkanes) is 3. The lowest BCUT2D eigenvalue weighted by atomic mass is 10.2. The second-order valence-electron chi connectivity index (χ2n) is 3.50. The summed E-state index contributed by atoms with van der Waals surface area (Å²) in [5.41, 5.74) is 6.47. The third-order valence-corrected chi connectivity index (χ3v) is 2.74. The highest BCUT2D eigenvalue weighted by atomic mass is 35.5. The van der Waals surface area contributed by atoms with Crippen molar-refractivity contribution in [1.29, 1.82) is 0 Å². The van der Waals surface area contributed by atoms with Crippen molar-refractivity contribution in [2.24, 2.45) is 5.73 Å². The van der Waals surface area contributed by atoms with E-state index < -0.39 is 0 Å². The minimum absolute atomic E-state index is 0.756. The minimum atomic E-state index is 0.756. The Hall–Kier alpha value is -0.540. The van der Waals surface area contributed by atoms with Crippen molar-refractivity contribution < 1.29 is 0 Å². The zero-order valence-corrected chi connectivity index (χ0v) is 9.43. The van der Waals surface area contributed by atoms with Crippen molar-refractivity contribution in [3.05, 3.63) is 16.9 Å². The quantitative estimate of drug-likeness (QED) is 0.741. The van der Waals surface area contributed by atoms with Crippen LogP contribution in [-0.4, -0.2) is 16.3 Å². The highest BCUT2D eigenvalue weighted by Gasteiger charge is 2.02. The molecular formula is C10H18ClN3. The number of hydrogen-bond donors (Lipinski definition) is 1. The van der Waals surface area contributed by atoms with Crippen molar-refractivity contribution in [3.8, 4) is 0 Å². The Labute approximate surface area is 90.2 Å². The van der Waals surface area contributed by atoms with Crippen LogP contribution >= 0.6 is 11.6 Å². The first-order chi connectivity index (χ1) is 6.75. The van der Waals surface area contributed by atoms with E-state index in [-0.39, 0.29) is 0 Å². The molecule has 0 atom stereocenters. The fourth-order valence-electron chi connectivity index (χ4n) is 1.41. The predicted molar refractivity (Wildman–Crippen MR) is 59.5 cm³/mol. The van der Waals surface area contributed by atoms with Gasteiger partial charge in [0.25, 0.3) is 0 Å². The maximum absolute atomic E-state index is 5.89. The van der Waals surface area contributed by atoms with Gasteiger partial charge in [-0.05, 0) is 26.3 Å². The van der Waals surface area contributed by atoms with Crippen molar-refractivity contribution in [1.82, 2.24) is 9.78 Å². The minimum Gasteiger partial charge on any atom is -0.330 e. The molecule has 0 aliphatic heterocycles. The van der Waals surface area contributed by atoms with E-state index in [1.807, 2.05) is 11.6 Å². The molecule has 0 unspecified atom stereocenters. The van der Waals surface area contributed by atoms with Crippen molar-refractivity contribution in [3.63, 3.8) is 0 Å². The number of nitrogens with two attached hydrogens (primary N) is 1. The molecular weight excluding hydrogens is 198 g/mol. The number of hydrogen-bond acceptors (Lipinski definition) is 2. The van der Waals surface area contributed by atoms with E-state index in [0.717, 1.165) is 36.6 Å². The molecule has 4 heteroatoms. The fraction of sp³-hybridized carbons (Fsp3) is 0.700. The Morgan fingerprint density at radius 1 is 1.36 bits per heavy atom. The number of rotatable bonds is 6. The van der Waals surface area contributed by atoms with Crippen molar-refractivity contribution in [2.75, 3.05) is 6.54 Å². The molecule has 0 amide bonds. The highest BCUT2D eigenvalue weighted by Crippen LogP contribution is 2.14. The summed E-state index contributed by atoms with van der Waals surface area (Å²) in [5.74, 6) is 0. The molecule has 1 heterocycles. The van der Waals surface area contributed by atoms with Crippen LogP contribution in [0.2, 0.25) is 5.02 Å². The Morgan fingerprint density at radius 2 is 2.07 bits per heavy atom. The molecule has 0 radical (unpaired) electrons. The largest absolute Gasteiger partial charge is 0.330 e. The van der Waals surface area contributed by atoms with Crippen LogP contribution < -0.4 is 5.73 Å². The molecule has 0 aromatic carbocycles. The molecule has 80 valence electrons. The van der Waals surface area contributed by atoms with Crippen molar-refractivity contribution >= 4 is 11.6 Å². The van der Waals surface area contributed by atoms with E-state index >= 15 is 0 Å². The van der Waals surface area contributed by atoms with Gasteiger partial charge in [-0.1, -0.05) is 24.4 Å². The van der Waals surface area contributed by atoms with Crippen LogP contribution in [0, 0.1) is 6.92 Å². The molecule has 14 heavy (non-hydrogen) atoms. The van der Waals surface area contributed by atoms with Gasteiger partial charge in [0, 0.05) is 6.54 Å². The number of nitrogens with zero attached hydrogens (tertiary/aromatic N) is 2. The number of aromatic nitrogens is 2. The molecule has 0 fully saturated rings. The molecule has 1 aromatic rings. The SMILES string of the molecule is Cc1c(Cl)cnn1CCCCCCN. The summed E-state index contributed by atoms with van der Waals surface area (Å²) in [6.45, 7) is 3.75.